The largest absolute Gasteiger partial charge is 0.497 e. The second-order valence-corrected chi connectivity index (χ2v) is 5.85. The maximum atomic E-state index is 5.23. The maximum Gasteiger partial charge on any atom is 0.114 e. The van der Waals surface area contributed by atoms with Crippen molar-refractivity contribution >= 4 is 0 Å². The van der Waals surface area contributed by atoms with Crippen LogP contribution in [-0.4, -0.2) is 18.6 Å². The van der Waals surface area contributed by atoms with E-state index in [9.17, 15) is 0 Å². The molecule has 2 unspecified atom stereocenters. The first-order chi connectivity index (χ1) is 9.90. The summed E-state index contributed by atoms with van der Waals surface area (Å²) in [6.07, 6.45) is 7.97. The molecule has 0 saturated heterocycles. The van der Waals surface area contributed by atoms with Gasteiger partial charge in [-0.05, 0) is 63.8 Å². The lowest BCUT2D eigenvalue weighted by atomic mass is 9.90. The Morgan fingerprint density at radius 3 is 2.24 bits per heavy atom. The molecule has 0 radical (unpaired) electrons. The van der Waals surface area contributed by atoms with E-state index in [4.69, 9.17) is 4.74 Å². The molecule has 21 heavy (non-hydrogen) atoms. The van der Waals surface area contributed by atoms with Crippen LogP contribution in [0.15, 0.2) is 48.5 Å². The fraction of sp³-hybridized carbons (Fsp3) is 0.579. The van der Waals surface area contributed by atoms with Gasteiger partial charge in [0.05, 0.1) is 7.11 Å². The van der Waals surface area contributed by atoms with Crippen LogP contribution in [0.1, 0.15) is 47.5 Å². The van der Waals surface area contributed by atoms with Crippen molar-refractivity contribution in [2.75, 3.05) is 13.7 Å². The summed E-state index contributed by atoms with van der Waals surface area (Å²) in [5, 5.41) is 0. The van der Waals surface area contributed by atoms with Crippen LogP contribution in [0.25, 0.3) is 0 Å². The van der Waals surface area contributed by atoms with Gasteiger partial charge in [0.15, 0.2) is 0 Å². The van der Waals surface area contributed by atoms with Gasteiger partial charge in [0.2, 0.25) is 0 Å². The minimum Gasteiger partial charge on any atom is -0.497 e. The Labute approximate surface area is 131 Å². The monoisotopic (exact) mass is 291 g/mol. The van der Waals surface area contributed by atoms with Crippen LogP contribution < -0.4 is 0 Å². The Kier molecular flexibility index (Phi) is 9.60. The van der Waals surface area contributed by atoms with Crippen LogP contribution in [0, 0.1) is 11.8 Å². The van der Waals surface area contributed by atoms with Gasteiger partial charge in [-0.2, -0.15) is 0 Å². The highest BCUT2D eigenvalue weighted by Crippen LogP contribution is 2.27. The Morgan fingerprint density at radius 2 is 1.86 bits per heavy atom. The van der Waals surface area contributed by atoms with Crippen molar-refractivity contribution < 1.29 is 4.74 Å². The molecule has 2 heteroatoms. The Morgan fingerprint density at radius 1 is 1.24 bits per heavy atom. The summed E-state index contributed by atoms with van der Waals surface area (Å²) in [4.78, 5) is 2.26. The Balaban J connectivity index is 4.81. The molecule has 0 aromatic rings. The van der Waals surface area contributed by atoms with Gasteiger partial charge in [-0.3, -0.25) is 0 Å². The van der Waals surface area contributed by atoms with Crippen LogP contribution in [0.5, 0.6) is 0 Å². The zero-order chi connectivity index (χ0) is 16.4. The molecule has 0 aliphatic rings. The number of ether oxygens (including phenoxy) is 1. The van der Waals surface area contributed by atoms with Gasteiger partial charge in [-0.25, -0.2) is 0 Å². The number of hydrogen-bond donors (Lipinski definition) is 0. The minimum absolute atomic E-state index is 0.520. The molecule has 0 aromatic carbocycles. The van der Waals surface area contributed by atoms with Crippen LogP contribution in [-0.2, 0) is 4.74 Å². The van der Waals surface area contributed by atoms with Crippen LogP contribution >= 0.6 is 0 Å². The number of rotatable bonds is 10. The third-order valence-electron chi connectivity index (χ3n) is 3.76. The highest BCUT2D eigenvalue weighted by molar-refractivity contribution is 5.14. The van der Waals surface area contributed by atoms with Crippen LogP contribution in [0.2, 0.25) is 0 Å². The first-order valence-corrected chi connectivity index (χ1v) is 7.84. The number of methoxy groups -OCH3 is 1. The quantitative estimate of drug-likeness (QED) is 0.388. The molecule has 0 rings (SSSR count). The van der Waals surface area contributed by atoms with Gasteiger partial charge in [0.1, 0.15) is 5.76 Å². The number of allylic oxidation sites excluding steroid dienone is 4. The van der Waals surface area contributed by atoms with Crippen molar-refractivity contribution in [3.8, 4) is 0 Å². The second-order valence-electron chi connectivity index (χ2n) is 5.85. The van der Waals surface area contributed by atoms with E-state index in [1.165, 1.54) is 11.3 Å². The zero-order valence-electron chi connectivity index (χ0n) is 14.8. The second kappa shape index (κ2) is 10.3. The molecule has 0 fully saturated rings. The predicted molar refractivity (Wildman–Crippen MR) is 93.8 cm³/mol. The van der Waals surface area contributed by atoms with E-state index in [0.29, 0.717) is 11.8 Å². The van der Waals surface area contributed by atoms with Crippen LogP contribution in [0.3, 0.4) is 0 Å². The average Bonchev–Trinajstić information content (AvgIpc) is 2.44. The molecule has 0 aromatic heterocycles. The van der Waals surface area contributed by atoms with Crippen molar-refractivity contribution in [2.45, 2.75) is 47.5 Å². The lowest BCUT2D eigenvalue weighted by molar-refractivity contribution is 0.302. The Hall–Kier alpha value is -1.44. The molecule has 2 nitrogen and oxygen atoms in total. The van der Waals surface area contributed by atoms with Gasteiger partial charge in [-0.15, -0.1) is 0 Å². The third-order valence-corrected chi connectivity index (χ3v) is 3.76. The molecule has 0 aliphatic heterocycles. The summed E-state index contributed by atoms with van der Waals surface area (Å²) in [6, 6.07) is 0. The standard InChI is InChI=1S/C19H33NO/c1-9-18(21-8)13-12-16(6)14-17(7)19(15(4)5)20(10-2)11-3/h9-10,13,16-17H,1-2,11-12,14H2,3-8H3/b18-13+. The van der Waals surface area contributed by atoms with Gasteiger partial charge >= 0.3 is 0 Å². The summed E-state index contributed by atoms with van der Waals surface area (Å²) in [5.74, 6) is 1.98. The zero-order valence-corrected chi connectivity index (χ0v) is 14.8. The molecule has 0 spiro atoms. The molecule has 2 atom stereocenters. The molecular weight excluding hydrogens is 258 g/mol. The van der Waals surface area contributed by atoms with E-state index >= 15 is 0 Å². The summed E-state index contributed by atoms with van der Waals surface area (Å²) >= 11 is 0. The van der Waals surface area contributed by atoms with E-state index in [1.54, 1.807) is 13.2 Å². The first kappa shape index (κ1) is 19.6. The van der Waals surface area contributed by atoms with E-state index < -0.39 is 0 Å². The van der Waals surface area contributed by atoms with Gasteiger partial charge in [0.25, 0.3) is 0 Å². The van der Waals surface area contributed by atoms with E-state index in [2.05, 4.69) is 58.8 Å². The smallest absolute Gasteiger partial charge is 0.114 e. The fourth-order valence-electron chi connectivity index (χ4n) is 2.84. The number of nitrogens with zero attached hydrogens (tertiary/aromatic N) is 1. The molecule has 0 aliphatic carbocycles. The van der Waals surface area contributed by atoms with E-state index in [-0.39, 0.29) is 0 Å². The van der Waals surface area contributed by atoms with Crippen molar-refractivity contribution in [1.29, 1.82) is 0 Å². The third kappa shape index (κ3) is 6.70. The molecular formula is C19H33NO. The van der Waals surface area contributed by atoms with Crippen molar-refractivity contribution in [1.82, 2.24) is 4.90 Å². The van der Waals surface area contributed by atoms with Crippen molar-refractivity contribution in [3.63, 3.8) is 0 Å². The SMILES string of the molecule is C=C/C(=C\CC(C)CC(C)C(=C(C)C)N(C=C)CC)OC. The van der Waals surface area contributed by atoms with E-state index in [1.807, 2.05) is 6.20 Å². The van der Waals surface area contributed by atoms with Gasteiger partial charge in [0, 0.05) is 12.2 Å². The van der Waals surface area contributed by atoms with Gasteiger partial charge < -0.3 is 9.64 Å². The highest BCUT2D eigenvalue weighted by Gasteiger charge is 2.17. The van der Waals surface area contributed by atoms with Gasteiger partial charge in [-0.1, -0.05) is 32.6 Å². The summed E-state index contributed by atoms with van der Waals surface area (Å²) in [6.45, 7) is 19.8. The Bertz CT molecular complexity index is 388. The van der Waals surface area contributed by atoms with Crippen LogP contribution in [0.4, 0.5) is 0 Å². The first-order valence-electron chi connectivity index (χ1n) is 7.84. The average molecular weight is 291 g/mol. The normalized spacial score (nSPS) is 14.1. The fourth-order valence-corrected chi connectivity index (χ4v) is 2.84. The molecule has 120 valence electrons. The minimum atomic E-state index is 0.520. The molecule has 0 bridgehead atoms. The summed E-state index contributed by atoms with van der Waals surface area (Å²) in [7, 11) is 1.69. The van der Waals surface area contributed by atoms with Crippen molar-refractivity contribution in [3.05, 3.63) is 48.5 Å². The molecule has 0 amide bonds. The molecule has 0 saturated carbocycles. The molecule has 0 heterocycles. The topological polar surface area (TPSA) is 12.5 Å². The lowest BCUT2D eigenvalue weighted by Crippen LogP contribution is -2.23. The maximum absolute atomic E-state index is 5.23. The number of hydrogen-bond acceptors (Lipinski definition) is 2. The van der Waals surface area contributed by atoms with Crippen molar-refractivity contribution in [2.24, 2.45) is 11.8 Å². The lowest BCUT2D eigenvalue weighted by Gasteiger charge is -2.30. The molecule has 0 N–H and O–H groups in total. The summed E-state index contributed by atoms with van der Waals surface area (Å²) < 4.78 is 5.23. The summed E-state index contributed by atoms with van der Waals surface area (Å²) in [5.41, 5.74) is 2.77. The highest BCUT2D eigenvalue weighted by atomic mass is 16.5. The van der Waals surface area contributed by atoms with E-state index in [0.717, 1.165) is 25.1 Å². The predicted octanol–water partition coefficient (Wildman–Crippen LogP) is 5.51.